The van der Waals surface area contributed by atoms with Crippen molar-refractivity contribution in [1.82, 2.24) is 0 Å². The van der Waals surface area contributed by atoms with Gasteiger partial charge in [0.2, 0.25) is 0 Å². The van der Waals surface area contributed by atoms with Crippen LogP contribution in [0.2, 0.25) is 5.02 Å². The van der Waals surface area contributed by atoms with Gasteiger partial charge in [0, 0.05) is 19.3 Å². The maximum absolute atomic E-state index is 9.11. The van der Waals surface area contributed by atoms with Crippen molar-refractivity contribution in [3.05, 3.63) is 57.5 Å². The summed E-state index contributed by atoms with van der Waals surface area (Å²) in [5.41, 5.74) is 0.660. The minimum Gasteiger partial charge on any atom is -0.192 e. The molecule has 0 heterocycles. The van der Waals surface area contributed by atoms with E-state index in [-0.39, 0.29) is 0 Å². The number of hydrogen-bond donors (Lipinski definition) is 0. The van der Waals surface area contributed by atoms with Crippen LogP contribution in [0.25, 0.3) is 0 Å². The molecule has 0 spiro atoms. The van der Waals surface area contributed by atoms with E-state index < -0.39 is 0 Å². The van der Waals surface area contributed by atoms with Crippen molar-refractivity contribution in [2.24, 2.45) is 0 Å². The molecule has 0 amide bonds. The Morgan fingerprint density at radius 2 is 1.82 bits per heavy atom. The van der Waals surface area contributed by atoms with E-state index in [1.54, 1.807) is 11.8 Å². The third-order valence-electron chi connectivity index (χ3n) is 2.13. The summed E-state index contributed by atoms with van der Waals surface area (Å²) in [5.74, 6) is 0. The Bertz CT molecular complexity index is 575. The first kappa shape index (κ1) is 12.5. The van der Waals surface area contributed by atoms with Gasteiger partial charge in [-0.1, -0.05) is 29.4 Å². The molecule has 0 aliphatic carbocycles. The van der Waals surface area contributed by atoms with Crippen LogP contribution in [0.15, 0.2) is 56.7 Å². The lowest BCUT2D eigenvalue weighted by Crippen LogP contribution is -1.82. The van der Waals surface area contributed by atoms with Gasteiger partial charge in [-0.25, -0.2) is 0 Å². The Morgan fingerprint density at radius 1 is 1.12 bits per heavy atom. The standard InChI is InChI=1S/C13H7BrClNS/c14-12-2-1-3-13(11(12)8-16)17-10-6-4-9(15)5-7-10/h1-7H. The fourth-order valence-corrected chi connectivity index (χ4v) is 2.97. The molecule has 0 unspecified atom stereocenters. The third kappa shape index (κ3) is 3.04. The molecule has 84 valence electrons. The lowest BCUT2D eigenvalue weighted by molar-refractivity contribution is 1.33. The van der Waals surface area contributed by atoms with Crippen LogP contribution in [-0.4, -0.2) is 0 Å². The molecule has 2 rings (SSSR count). The Balaban J connectivity index is 2.34. The van der Waals surface area contributed by atoms with Crippen molar-refractivity contribution < 1.29 is 0 Å². The van der Waals surface area contributed by atoms with E-state index in [0.29, 0.717) is 10.6 Å². The molecule has 0 bridgehead atoms. The van der Waals surface area contributed by atoms with Gasteiger partial charge in [0.15, 0.2) is 0 Å². The first-order valence-corrected chi connectivity index (χ1v) is 6.81. The minimum absolute atomic E-state index is 0.660. The van der Waals surface area contributed by atoms with Crippen LogP contribution in [0.5, 0.6) is 0 Å². The van der Waals surface area contributed by atoms with Crippen LogP contribution >= 0.6 is 39.3 Å². The average molecular weight is 325 g/mol. The summed E-state index contributed by atoms with van der Waals surface area (Å²) in [5, 5.41) is 9.82. The highest BCUT2D eigenvalue weighted by Crippen LogP contribution is 2.33. The van der Waals surface area contributed by atoms with Gasteiger partial charge in [-0.2, -0.15) is 5.26 Å². The summed E-state index contributed by atoms with van der Waals surface area (Å²) < 4.78 is 0.818. The first-order chi connectivity index (χ1) is 8.20. The Morgan fingerprint density at radius 3 is 2.47 bits per heavy atom. The lowest BCUT2D eigenvalue weighted by Gasteiger charge is -2.05. The molecule has 2 aromatic carbocycles. The normalized spacial score (nSPS) is 9.94. The topological polar surface area (TPSA) is 23.8 Å². The number of halogens is 2. The highest BCUT2D eigenvalue weighted by molar-refractivity contribution is 9.10. The zero-order chi connectivity index (χ0) is 12.3. The predicted molar refractivity (Wildman–Crippen MR) is 74.4 cm³/mol. The molecular formula is C13H7BrClNS. The highest BCUT2D eigenvalue weighted by Gasteiger charge is 2.07. The fourth-order valence-electron chi connectivity index (χ4n) is 1.33. The summed E-state index contributed by atoms with van der Waals surface area (Å²) in [6.07, 6.45) is 0. The molecule has 0 aromatic heterocycles. The zero-order valence-corrected chi connectivity index (χ0v) is 11.8. The summed E-state index contributed by atoms with van der Waals surface area (Å²) in [6, 6.07) is 15.5. The van der Waals surface area contributed by atoms with E-state index in [9.17, 15) is 0 Å². The van der Waals surface area contributed by atoms with E-state index in [1.165, 1.54) is 0 Å². The van der Waals surface area contributed by atoms with Crippen LogP contribution in [0.3, 0.4) is 0 Å². The SMILES string of the molecule is N#Cc1c(Br)cccc1Sc1ccc(Cl)cc1. The van der Waals surface area contributed by atoms with Crippen molar-refractivity contribution in [2.45, 2.75) is 9.79 Å². The van der Waals surface area contributed by atoms with Crippen molar-refractivity contribution in [3.8, 4) is 6.07 Å². The monoisotopic (exact) mass is 323 g/mol. The second-order valence-electron chi connectivity index (χ2n) is 3.28. The van der Waals surface area contributed by atoms with Crippen LogP contribution in [0.4, 0.5) is 0 Å². The molecule has 0 atom stereocenters. The van der Waals surface area contributed by atoms with Gasteiger partial charge in [0.1, 0.15) is 6.07 Å². The van der Waals surface area contributed by atoms with Gasteiger partial charge in [0.25, 0.3) is 0 Å². The number of rotatable bonds is 2. The van der Waals surface area contributed by atoms with Crippen LogP contribution < -0.4 is 0 Å². The largest absolute Gasteiger partial charge is 0.192 e. The average Bonchev–Trinajstić information content (AvgIpc) is 2.32. The third-order valence-corrected chi connectivity index (χ3v) is 4.11. The van der Waals surface area contributed by atoms with Gasteiger partial charge in [0.05, 0.1) is 5.56 Å². The Kier molecular flexibility index (Phi) is 4.11. The molecular weight excluding hydrogens is 318 g/mol. The van der Waals surface area contributed by atoms with Crippen molar-refractivity contribution in [2.75, 3.05) is 0 Å². The molecule has 0 saturated heterocycles. The summed E-state index contributed by atoms with van der Waals surface area (Å²) in [7, 11) is 0. The molecule has 4 heteroatoms. The van der Waals surface area contributed by atoms with Crippen molar-refractivity contribution in [1.29, 1.82) is 5.26 Å². The van der Waals surface area contributed by atoms with Gasteiger partial charge in [-0.15, -0.1) is 0 Å². The van der Waals surface area contributed by atoms with Crippen molar-refractivity contribution in [3.63, 3.8) is 0 Å². The molecule has 0 aliphatic rings. The van der Waals surface area contributed by atoms with Gasteiger partial charge in [-0.05, 0) is 52.3 Å². The molecule has 17 heavy (non-hydrogen) atoms. The molecule has 1 nitrogen and oxygen atoms in total. The summed E-state index contributed by atoms with van der Waals surface area (Å²) in [4.78, 5) is 1.99. The maximum atomic E-state index is 9.11. The van der Waals surface area contributed by atoms with E-state index in [2.05, 4.69) is 22.0 Å². The zero-order valence-electron chi connectivity index (χ0n) is 8.65. The van der Waals surface area contributed by atoms with Gasteiger partial charge in [-0.3, -0.25) is 0 Å². The maximum Gasteiger partial charge on any atom is 0.102 e. The smallest absolute Gasteiger partial charge is 0.102 e. The summed E-state index contributed by atoms with van der Waals surface area (Å²) in [6.45, 7) is 0. The number of hydrogen-bond acceptors (Lipinski definition) is 2. The van der Waals surface area contributed by atoms with E-state index in [0.717, 1.165) is 14.3 Å². The van der Waals surface area contributed by atoms with Crippen LogP contribution in [-0.2, 0) is 0 Å². The molecule has 0 fully saturated rings. The van der Waals surface area contributed by atoms with E-state index in [1.807, 2.05) is 42.5 Å². The fraction of sp³-hybridized carbons (Fsp3) is 0. The first-order valence-electron chi connectivity index (χ1n) is 4.83. The van der Waals surface area contributed by atoms with Crippen LogP contribution in [0.1, 0.15) is 5.56 Å². The second-order valence-corrected chi connectivity index (χ2v) is 5.69. The number of nitrogens with zero attached hydrogens (tertiary/aromatic N) is 1. The van der Waals surface area contributed by atoms with Gasteiger partial charge >= 0.3 is 0 Å². The molecule has 0 aliphatic heterocycles. The van der Waals surface area contributed by atoms with E-state index >= 15 is 0 Å². The van der Waals surface area contributed by atoms with Gasteiger partial charge < -0.3 is 0 Å². The Hall–Kier alpha value is -0.950. The lowest BCUT2D eigenvalue weighted by atomic mass is 10.2. The molecule has 0 radical (unpaired) electrons. The highest BCUT2D eigenvalue weighted by atomic mass is 79.9. The van der Waals surface area contributed by atoms with E-state index in [4.69, 9.17) is 16.9 Å². The predicted octanol–water partition coefficient (Wildman–Crippen LogP) is 5.13. The van der Waals surface area contributed by atoms with Crippen LogP contribution in [0, 0.1) is 11.3 Å². The number of nitriles is 1. The molecule has 0 N–H and O–H groups in total. The quantitative estimate of drug-likeness (QED) is 0.765. The molecule has 0 saturated carbocycles. The minimum atomic E-state index is 0.660. The van der Waals surface area contributed by atoms with Crippen molar-refractivity contribution >= 4 is 39.3 Å². The Labute approximate surface area is 118 Å². The summed E-state index contributed by atoms with van der Waals surface area (Å²) >= 11 is 10.8. The second kappa shape index (κ2) is 5.59. The molecule has 2 aromatic rings. The number of benzene rings is 2.